The van der Waals surface area contributed by atoms with E-state index in [2.05, 4.69) is 39.2 Å². The minimum absolute atomic E-state index is 0.555. The third-order valence-electron chi connectivity index (χ3n) is 1.92. The molecule has 1 N–H and O–H groups in total. The second-order valence-electron chi connectivity index (χ2n) is 3.12. The van der Waals surface area contributed by atoms with Gasteiger partial charge in [-0.05, 0) is 25.0 Å². The highest BCUT2D eigenvalue weighted by atomic mass is 79.9. The number of pyridine rings is 1. The molecule has 13 heavy (non-hydrogen) atoms. The zero-order valence-electron chi connectivity index (χ0n) is 7.83. The Kier molecular flexibility index (Phi) is 5.01. The lowest BCUT2D eigenvalue weighted by Gasteiger charge is -2.11. The van der Waals surface area contributed by atoms with Crippen LogP contribution >= 0.6 is 15.9 Å². The standard InChI is InChI=1S/C10H15BrN2/c1-9(4-5-11)13-8-10-3-2-6-12-7-10/h2-3,6-7,9,13H,4-5,8H2,1H3. The maximum absolute atomic E-state index is 4.06. The summed E-state index contributed by atoms with van der Waals surface area (Å²) in [7, 11) is 0. The van der Waals surface area contributed by atoms with Gasteiger partial charge in [0.1, 0.15) is 0 Å². The van der Waals surface area contributed by atoms with Crippen LogP contribution in [0.3, 0.4) is 0 Å². The minimum Gasteiger partial charge on any atom is -0.310 e. The van der Waals surface area contributed by atoms with E-state index in [1.807, 2.05) is 12.3 Å². The summed E-state index contributed by atoms with van der Waals surface area (Å²) in [6.45, 7) is 3.10. The molecule has 3 heteroatoms. The topological polar surface area (TPSA) is 24.9 Å². The van der Waals surface area contributed by atoms with E-state index in [0.717, 1.165) is 18.3 Å². The highest BCUT2D eigenvalue weighted by molar-refractivity contribution is 9.09. The van der Waals surface area contributed by atoms with Crippen LogP contribution in [-0.2, 0) is 6.54 Å². The van der Waals surface area contributed by atoms with Crippen LogP contribution in [0.15, 0.2) is 24.5 Å². The lowest BCUT2D eigenvalue weighted by molar-refractivity contribution is 0.538. The normalized spacial score (nSPS) is 12.8. The molecule has 0 saturated heterocycles. The van der Waals surface area contributed by atoms with E-state index in [9.17, 15) is 0 Å². The molecule has 0 aliphatic carbocycles. The average molecular weight is 243 g/mol. The summed E-state index contributed by atoms with van der Waals surface area (Å²) in [6.07, 6.45) is 4.85. The number of alkyl halides is 1. The predicted octanol–water partition coefficient (Wildman–Crippen LogP) is 2.34. The summed E-state index contributed by atoms with van der Waals surface area (Å²) in [5.41, 5.74) is 1.24. The molecule has 0 aliphatic heterocycles. The van der Waals surface area contributed by atoms with Crippen molar-refractivity contribution < 1.29 is 0 Å². The highest BCUT2D eigenvalue weighted by Gasteiger charge is 1.99. The Morgan fingerprint density at radius 3 is 3.08 bits per heavy atom. The van der Waals surface area contributed by atoms with E-state index in [1.165, 1.54) is 5.56 Å². The van der Waals surface area contributed by atoms with Gasteiger partial charge in [0.15, 0.2) is 0 Å². The molecule has 2 nitrogen and oxygen atoms in total. The van der Waals surface area contributed by atoms with Gasteiger partial charge in [-0.15, -0.1) is 0 Å². The number of halogens is 1. The van der Waals surface area contributed by atoms with E-state index in [-0.39, 0.29) is 0 Å². The van der Waals surface area contributed by atoms with Crippen LogP contribution in [0.25, 0.3) is 0 Å². The third-order valence-corrected chi connectivity index (χ3v) is 2.38. The van der Waals surface area contributed by atoms with E-state index in [0.29, 0.717) is 6.04 Å². The second kappa shape index (κ2) is 6.11. The van der Waals surface area contributed by atoms with E-state index < -0.39 is 0 Å². The lowest BCUT2D eigenvalue weighted by Crippen LogP contribution is -2.25. The zero-order valence-corrected chi connectivity index (χ0v) is 9.42. The first-order chi connectivity index (χ1) is 6.33. The zero-order chi connectivity index (χ0) is 9.52. The van der Waals surface area contributed by atoms with Gasteiger partial charge in [-0.1, -0.05) is 22.0 Å². The summed E-state index contributed by atoms with van der Waals surface area (Å²) in [5.74, 6) is 0. The van der Waals surface area contributed by atoms with Crippen LogP contribution in [-0.4, -0.2) is 16.4 Å². The van der Waals surface area contributed by atoms with Gasteiger partial charge in [0.05, 0.1) is 0 Å². The number of rotatable bonds is 5. The van der Waals surface area contributed by atoms with Crippen molar-refractivity contribution >= 4 is 15.9 Å². The van der Waals surface area contributed by atoms with Gasteiger partial charge in [0, 0.05) is 30.3 Å². The van der Waals surface area contributed by atoms with Crippen molar-refractivity contribution in [2.75, 3.05) is 5.33 Å². The summed E-state index contributed by atoms with van der Waals surface area (Å²) in [4.78, 5) is 4.06. The minimum atomic E-state index is 0.555. The van der Waals surface area contributed by atoms with Gasteiger partial charge in [-0.25, -0.2) is 0 Å². The number of aromatic nitrogens is 1. The van der Waals surface area contributed by atoms with Crippen molar-refractivity contribution in [1.29, 1.82) is 0 Å². The molecule has 0 spiro atoms. The molecule has 1 atom stereocenters. The van der Waals surface area contributed by atoms with Crippen molar-refractivity contribution in [2.45, 2.75) is 25.9 Å². The van der Waals surface area contributed by atoms with Crippen LogP contribution in [0.4, 0.5) is 0 Å². The molecular formula is C10H15BrN2. The SMILES string of the molecule is CC(CCBr)NCc1cccnc1. The Morgan fingerprint density at radius 2 is 2.46 bits per heavy atom. The van der Waals surface area contributed by atoms with E-state index >= 15 is 0 Å². The van der Waals surface area contributed by atoms with Crippen molar-refractivity contribution in [3.63, 3.8) is 0 Å². The van der Waals surface area contributed by atoms with Gasteiger partial charge >= 0.3 is 0 Å². The molecule has 1 aromatic heterocycles. The van der Waals surface area contributed by atoms with Crippen LogP contribution in [0.5, 0.6) is 0 Å². The fraction of sp³-hybridized carbons (Fsp3) is 0.500. The Labute approximate surface area is 87.9 Å². The molecule has 0 saturated carbocycles. The van der Waals surface area contributed by atoms with Gasteiger partial charge in [-0.2, -0.15) is 0 Å². The summed E-state index contributed by atoms with van der Waals surface area (Å²) in [5, 5.41) is 4.48. The number of hydrogen-bond donors (Lipinski definition) is 1. The molecule has 1 aromatic rings. The third kappa shape index (κ3) is 4.39. The first-order valence-electron chi connectivity index (χ1n) is 4.51. The smallest absolute Gasteiger partial charge is 0.0312 e. The molecule has 1 heterocycles. The van der Waals surface area contributed by atoms with Crippen LogP contribution < -0.4 is 5.32 Å². The highest BCUT2D eigenvalue weighted by Crippen LogP contribution is 1.99. The molecule has 1 rings (SSSR count). The van der Waals surface area contributed by atoms with Crippen molar-refractivity contribution in [3.8, 4) is 0 Å². The molecule has 0 aliphatic rings. The number of hydrogen-bond acceptors (Lipinski definition) is 2. The quantitative estimate of drug-likeness (QED) is 0.803. The molecule has 0 amide bonds. The molecule has 0 bridgehead atoms. The monoisotopic (exact) mass is 242 g/mol. The lowest BCUT2D eigenvalue weighted by atomic mass is 10.2. The van der Waals surface area contributed by atoms with Crippen LogP contribution in [0, 0.1) is 0 Å². The van der Waals surface area contributed by atoms with Gasteiger partial charge in [-0.3, -0.25) is 4.98 Å². The maximum atomic E-state index is 4.06. The van der Waals surface area contributed by atoms with Crippen molar-refractivity contribution in [2.24, 2.45) is 0 Å². The molecule has 1 unspecified atom stereocenters. The molecule has 0 radical (unpaired) electrons. The average Bonchev–Trinajstić information content (AvgIpc) is 2.17. The Hall–Kier alpha value is -0.410. The fourth-order valence-corrected chi connectivity index (χ4v) is 1.75. The van der Waals surface area contributed by atoms with Gasteiger partial charge in [0.2, 0.25) is 0 Å². The largest absolute Gasteiger partial charge is 0.310 e. The van der Waals surface area contributed by atoms with E-state index in [4.69, 9.17) is 0 Å². The first-order valence-corrected chi connectivity index (χ1v) is 5.63. The Morgan fingerprint density at radius 1 is 1.62 bits per heavy atom. The number of nitrogens with one attached hydrogen (secondary N) is 1. The molecule has 72 valence electrons. The molecule has 0 aromatic carbocycles. The van der Waals surface area contributed by atoms with Gasteiger partial charge < -0.3 is 5.32 Å². The van der Waals surface area contributed by atoms with Crippen LogP contribution in [0.2, 0.25) is 0 Å². The Balaban J connectivity index is 2.27. The predicted molar refractivity (Wildman–Crippen MR) is 58.9 cm³/mol. The van der Waals surface area contributed by atoms with E-state index in [1.54, 1.807) is 6.20 Å². The van der Waals surface area contributed by atoms with Gasteiger partial charge in [0.25, 0.3) is 0 Å². The molecular weight excluding hydrogens is 228 g/mol. The first kappa shape index (κ1) is 10.7. The number of nitrogens with zero attached hydrogens (tertiary/aromatic N) is 1. The fourth-order valence-electron chi connectivity index (χ4n) is 1.06. The summed E-state index contributed by atoms with van der Waals surface area (Å²) >= 11 is 3.42. The molecule has 0 fully saturated rings. The Bertz CT molecular complexity index is 226. The summed E-state index contributed by atoms with van der Waals surface area (Å²) < 4.78 is 0. The maximum Gasteiger partial charge on any atom is 0.0312 e. The summed E-state index contributed by atoms with van der Waals surface area (Å²) in [6, 6.07) is 4.60. The van der Waals surface area contributed by atoms with Crippen LogP contribution in [0.1, 0.15) is 18.9 Å². The van der Waals surface area contributed by atoms with Crippen molar-refractivity contribution in [1.82, 2.24) is 10.3 Å². The second-order valence-corrected chi connectivity index (χ2v) is 3.91. The van der Waals surface area contributed by atoms with Crippen molar-refractivity contribution in [3.05, 3.63) is 30.1 Å².